The predicted octanol–water partition coefficient (Wildman–Crippen LogP) is 1.02. The molecule has 0 rings (SSSR count). The third-order valence-electron chi connectivity index (χ3n) is 1.07. The first-order valence-electron chi connectivity index (χ1n) is 3.23. The van der Waals surface area contributed by atoms with Crippen molar-refractivity contribution in [2.45, 2.75) is 19.8 Å². The highest BCUT2D eigenvalue weighted by atomic mass is 16.6. The summed E-state index contributed by atoms with van der Waals surface area (Å²) >= 11 is 0. The first-order chi connectivity index (χ1) is 4.72. The van der Waals surface area contributed by atoms with Crippen molar-refractivity contribution in [2.24, 2.45) is 0 Å². The van der Waals surface area contributed by atoms with Crippen molar-refractivity contribution >= 4 is 5.91 Å². The van der Waals surface area contributed by atoms with E-state index in [1.165, 1.54) is 7.11 Å². The van der Waals surface area contributed by atoms with Crippen LogP contribution < -0.4 is 5.48 Å². The molecule has 1 amide bonds. The van der Waals surface area contributed by atoms with Gasteiger partial charge in [0.1, 0.15) is 0 Å². The number of hydrogen-bond acceptors (Lipinski definition) is 2. The Kier molecular flexibility index (Phi) is 4.58. The van der Waals surface area contributed by atoms with Crippen molar-refractivity contribution in [3.05, 3.63) is 12.2 Å². The van der Waals surface area contributed by atoms with E-state index in [-0.39, 0.29) is 5.91 Å². The Labute approximate surface area is 61.0 Å². The van der Waals surface area contributed by atoms with Gasteiger partial charge in [-0.15, -0.1) is 0 Å². The van der Waals surface area contributed by atoms with Crippen LogP contribution in [0.2, 0.25) is 0 Å². The Morgan fingerprint density at radius 3 is 2.70 bits per heavy atom. The van der Waals surface area contributed by atoms with Crippen LogP contribution >= 0.6 is 0 Å². The van der Waals surface area contributed by atoms with Crippen LogP contribution in [-0.4, -0.2) is 13.0 Å². The molecule has 0 unspecified atom stereocenters. The average Bonchev–Trinajstić information content (AvgIpc) is 1.89. The second kappa shape index (κ2) is 4.99. The fourth-order valence-electron chi connectivity index (χ4n) is 0.580. The van der Waals surface area contributed by atoms with Gasteiger partial charge in [-0.1, -0.05) is 19.9 Å². The fourth-order valence-corrected chi connectivity index (χ4v) is 0.580. The van der Waals surface area contributed by atoms with Crippen molar-refractivity contribution in [1.82, 2.24) is 5.48 Å². The number of hydrogen-bond donors (Lipinski definition) is 1. The van der Waals surface area contributed by atoms with Gasteiger partial charge in [-0.2, -0.15) is 0 Å². The summed E-state index contributed by atoms with van der Waals surface area (Å²) in [5, 5.41) is 0. The van der Waals surface area contributed by atoms with Gasteiger partial charge in [0.25, 0.3) is 5.91 Å². The van der Waals surface area contributed by atoms with Gasteiger partial charge in [0.05, 0.1) is 7.11 Å². The smallest absolute Gasteiger partial charge is 0.270 e. The largest absolute Gasteiger partial charge is 0.277 e. The van der Waals surface area contributed by atoms with Crippen molar-refractivity contribution in [2.75, 3.05) is 7.11 Å². The zero-order chi connectivity index (χ0) is 7.98. The molecule has 10 heavy (non-hydrogen) atoms. The summed E-state index contributed by atoms with van der Waals surface area (Å²) in [5.74, 6) is -0.232. The maximum absolute atomic E-state index is 10.8. The van der Waals surface area contributed by atoms with Crippen LogP contribution in [0.15, 0.2) is 12.2 Å². The third-order valence-corrected chi connectivity index (χ3v) is 1.07. The van der Waals surface area contributed by atoms with E-state index in [1.807, 2.05) is 6.92 Å². The molecule has 0 bridgehead atoms. The van der Waals surface area contributed by atoms with E-state index in [1.54, 1.807) is 0 Å². The number of nitrogens with one attached hydrogen (secondary N) is 1. The second-order valence-corrected chi connectivity index (χ2v) is 1.99. The Morgan fingerprint density at radius 1 is 1.70 bits per heavy atom. The maximum Gasteiger partial charge on any atom is 0.270 e. The number of amides is 1. The molecule has 1 N–H and O–H groups in total. The Hall–Kier alpha value is -0.830. The fraction of sp³-hybridized carbons (Fsp3) is 0.571. The van der Waals surface area contributed by atoms with Crippen LogP contribution in [0.4, 0.5) is 0 Å². The average molecular weight is 143 g/mol. The maximum atomic E-state index is 10.8. The van der Waals surface area contributed by atoms with Crippen LogP contribution in [0.5, 0.6) is 0 Å². The molecule has 3 heteroatoms. The second-order valence-electron chi connectivity index (χ2n) is 1.99. The van der Waals surface area contributed by atoms with E-state index >= 15 is 0 Å². The molecule has 58 valence electrons. The molecule has 0 radical (unpaired) electrons. The minimum absolute atomic E-state index is 0.232. The lowest BCUT2D eigenvalue weighted by molar-refractivity contribution is -0.127. The first kappa shape index (κ1) is 9.17. The summed E-state index contributed by atoms with van der Waals surface area (Å²) < 4.78 is 0. The number of hydroxylamine groups is 1. The van der Waals surface area contributed by atoms with Gasteiger partial charge in [0.15, 0.2) is 0 Å². The molecule has 0 atom stereocenters. The molecule has 0 heterocycles. The van der Waals surface area contributed by atoms with E-state index in [2.05, 4.69) is 16.9 Å². The van der Waals surface area contributed by atoms with Crippen molar-refractivity contribution in [3.8, 4) is 0 Å². The van der Waals surface area contributed by atoms with Gasteiger partial charge in [-0.3, -0.25) is 9.63 Å². The lowest BCUT2D eigenvalue weighted by atomic mass is 10.2. The highest BCUT2D eigenvalue weighted by Gasteiger charge is 2.02. The van der Waals surface area contributed by atoms with E-state index < -0.39 is 0 Å². The van der Waals surface area contributed by atoms with E-state index in [0.29, 0.717) is 5.57 Å². The summed E-state index contributed by atoms with van der Waals surface area (Å²) in [6, 6.07) is 0. The van der Waals surface area contributed by atoms with Crippen LogP contribution in [-0.2, 0) is 9.63 Å². The molecule has 0 aromatic rings. The quantitative estimate of drug-likeness (QED) is 0.471. The highest BCUT2D eigenvalue weighted by molar-refractivity contribution is 5.91. The lowest BCUT2D eigenvalue weighted by Crippen LogP contribution is -2.22. The van der Waals surface area contributed by atoms with Crippen LogP contribution in [0.25, 0.3) is 0 Å². The molecule has 0 fully saturated rings. The normalized spacial score (nSPS) is 9.00. The Balaban J connectivity index is 3.60. The molecule has 0 saturated carbocycles. The Morgan fingerprint density at radius 2 is 2.30 bits per heavy atom. The van der Waals surface area contributed by atoms with Crippen molar-refractivity contribution < 1.29 is 9.63 Å². The van der Waals surface area contributed by atoms with Crippen molar-refractivity contribution in [3.63, 3.8) is 0 Å². The molecule has 0 aliphatic rings. The monoisotopic (exact) mass is 143 g/mol. The summed E-state index contributed by atoms with van der Waals surface area (Å²) in [5.41, 5.74) is 2.75. The molecule has 0 aliphatic heterocycles. The summed E-state index contributed by atoms with van der Waals surface area (Å²) in [6.07, 6.45) is 1.64. The lowest BCUT2D eigenvalue weighted by Gasteiger charge is -2.02. The molecule has 0 spiro atoms. The number of rotatable bonds is 4. The van der Waals surface area contributed by atoms with Gasteiger partial charge in [-0.05, 0) is 6.42 Å². The molecular weight excluding hydrogens is 130 g/mol. The molecule has 0 aromatic carbocycles. The number of carbonyl (C=O) groups is 1. The van der Waals surface area contributed by atoms with E-state index in [9.17, 15) is 4.79 Å². The highest BCUT2D eigenvalue weighted by Crippen LogP contribution is 2.00. The minimum Gasteiger partial charge on any atom is -0.277 e. The minimum atomic E-state index is -0.232. The molecule has 0 saturated heterocycles. The molecular formula is C7H13NO2. The predicted molar refractivity (Wildman–Crippen MR) is 39.2 cm³/mol. The molecule has 3 nitrogen and oxygen atoms in total. The summed E-state index contributed by atoms with van der Waals surface area (Å²) in [7, 11) is 1.40. The van der Waals surface area contributed by atoms with Gasteiger partial charge in [0.2, 0.25) is 0 Å². The topological polar surface area (TPSA) is 38.3 Å². The van der Waals surface area contributed by atoms with Gasteiger partial charge in [0, 0.05) is 5.57 Å². The van der Waals surface area contributed by atoms with Crippen LogP contribution in [0.3, 0.4) is 0 Å². The van der Waals surface area contributed by atoms with E-state index in [0.717, 1.165) is 12.8 Å². The van der Waals surface area contributed by atoms with E-state index in [4.69, 9.17) is 0 Å². The Bertz CT molecular complexity index is 116. The standard InChI is InChI=1S/C7H13NO2/c1-4-5-6(2)7(9)8-10-3/h2,4-5H2,1,3H3,(H,8,9). The third kappa shape index (κ3) is 3.25. The van der Waals surface area contributed by atoms with Crippen LogP contribution in [0, 0.1) is 0 Å². The number of carbonyl (C=O) groups excluding carboxylic acids is 1. The van der Waals surface area contributed by atoms with Gasteiger partial charge < -0.3 is 0 Å². The van der Waals surface area contributed by atoms with Crippen molar-refractivity contribution in [1.29, 1.82) is 0 Å². The molecule has 0 aromatic heterocycles. The van der Waals surface area contributed by atoms with Crippen LogP contribution in [0.1, 0.15) is 19.8 Å². The van der Waals surface area contributed by atoms with Gasteiger partial charge >= 0.3 is 0 Å². The van der Waals surface area contributed by atoms with Gasteiger partial charge in [-0.25, -0.2) is 5.48 Å². The zero-order valence-corrected chi connectivity index (χ0v) is 6.44. The molecule has 0 aliphatic carbocycles. The zero-order valence-electron chi connectivity index (χ0n) is 6.44. The summed E-state index contributed by atoms with van der Waals surface area (Å²) in [6.45, 7) is 5.56. The SMILES string of the molecule is C=C(CCC)C(=O)NOC. The summed E-state index contributed by atoms with van der Waals surface area (Å²) in [4.78, 5) is 15.2. The first-order valence-corrected chi connectivity index (χ1v) is 3.23.